The fourth-order valence-corrected chi connectivity index (χ4v) is 3.49. The summed E-state index contributed by atoms with van der Waals surface area (Å²) in [6, 6.07) is 12.8. The predicted molar refractivity (Wildman–Crippen MR) is 103 cm³/mol. The molecule has 0 fully saturated rings. The van der Waals surface area contributed by atoms with Gasteiger partial charge in [-0.1, -0.05) is 22.9 Å². The van der Waals surface area contributed by atoms with E-state index in [1.165, 1.54) is 11.3 Å². The Morgan fingerprint density at radius 3 is 2.52 bits per heavy atom. The van der Waals surface area contributed by atoms with Crippen molar-refractivity contribution < 1.29 is 14.2 Å². The van der Waals surface area contributed by atoms with Crippen LogP contribution in [0, 0.1) is 0 Å². The Labute approximate surface area is 164 Å². The zero-order chi connectivity index (χ0) is 18.8. The van der Waals surface area contributed by atoms with Gasteiger partial charge in [0.2, 0.25) is 4.96 Å². The van der Waals surface area contributed by atoms with Crippen LogP contribution in [0.2, 0.25) is 5.02 Å². The summed E-state index contributed by atoms with van der Waals surface area (Å²) >= 11 is 7.32. The number of fused-ring (bicyclic) bond motifs is 1. The van der Waals surface area contributed by atoms with Crippen LogP contribution in [0.15, 0.2) is 42.5 Å². The van der Waals surface area contributed by atoms with Gasteiger partial charge in [0, 0.05) is 10.6 Å². The lowest BCUT2D eigenvalue weighted by Crippen LogP contribution is -2.02. The highest BCUT2D eigenvalue weighted by molar-refractivity contribution is 7.19. The molecule has 7 nitrogen and oxygen atoms in total. The first-order valence-corrected chi connectivity index (χ1v) is 9.19. The third-order valence-corrected chi connectivity index (χ3v) is 5.07. The maximum atomic E-state index is 5.88. The van der Waals surface area contributed by atoms with Gasteiger partial charge in [0.25, 0.3) is 0 Å². The van der Waals surface area contributed by atoms with Gasteiger partial charge in [0.15, 0.2) is 17.3 Å². The normalized spacial score (nSPS) is 10.9. The fraction of sp³-hybridized carbons (Fsp3) is 0.167. The predicted octanol–water partition coefficient (Wildman–Crippen LogP) is 4.10. The zero-order valence-electron chi connectivity index (χ0n) is 14.5. The first-order chi connectivity index (χ1) is 13.2. The number of hydrogen-bond donors (Lipinski definition) is 0. The van der Waals surface area contributed by atoms with Gasteiger partial charge in [-0.25, -0.2) is 0 Å². The highest BCUT2D eigenvalue weighted by Crippen LogP contribution is 2.34. The molecule has 0 N–H and O–H groups in total. The van der Waals surface area contributed by atoms with E-state index in [1.807, 2.05) is 18.2 Å². The van der Waals surface area contributed by atoms with Crippen LogP contribution in [0.3, 0.4) is 0 Å². The fourth-order valence-electron chi connectivity index (χ4n) is 2.51. The van der Waals surface area contributed by atoms with Gasteiger partial charge in [0.05, 0.1) is 14.2 Å². The van der Waals surface area contributed by atoms with Crippen molar-refractivity contribution in [2.45, 2.75) is 6.61 Å². The van der Waals surface area contributed by atoms with Crippen molar-refractivity contribution >= 4 is 27.9 Å². The quantitative estimate of drug-likeness (QED) is 0.483. The van der Waals surface area contributed by atoms with Gasteiger partial charge in [0.1, 0.15) is 17.4 Å². The summed E-state index contributed by atoms with van der Waals surface area (Å²) in [5, 5.41) is 14.4. The van der Waals surface area contributed by atoms with E-state index in [-0.39, 0.29) is 6.61 Å². The molecule has 0 saturated carbocycles. The molecule has 0 aliphatic carbocycles. The number of halogens is 1. The van der Waals surface area contributed by atoms with Crippen molar-refractivity contribution in [2.24, 2.45) is 0 Å². The number of hydrogen-bond acceptors (Lipinski definition) is 7. The van der Waals surface area contributed by atoms with E-state index in [9.17, 15) is 0 Å². The number of benzene rings is 2. The Balaban J connectivity index is 1.59. The Morgan fingerprint density at radius 2 is 1.78 bits per heavy atom. The SMILES string of the molecule is COc1ccc(-c2nn3c(COc4ccc(Cl)cc4)nnc3s2)cc1OC. The van der Waals surface area contributed by atoms with Gasteiger partial charge in [-0.3, -0.25) is 0 Å². The first kappa shape index (κ1) is 17.6. The molecule has 0 aliphatic rings. The average Bonchev–Trinajstić information content (AvgIpc) is 3.28. The van der Waals surface area contributed by atoms with Crippen molar-refractivity contribution in [1.29, 1.82) is 0 Å². The molecule has 4 rings (SSSR count). The Hall–Kier alpha value is -2.84. The number of rotatable bonds is 6. The lowest BCUT2D eigenvalue weighted by Gasteiger charge is -2.07. The van der Waals surface area contributed by atoms with Crippen molar-refractivity contribution in [3.63, 3.8) is 0 Å². The second kappa shape index (κ2) is 7.42. The van der Waals surface area contributed by atoms with Crippen molar-refractivity contribution in [2.75, 3.05) is 14.2 Å². The molecule has 0 saturated heterocycles. The molecule has 2 aromatic heterocycles. The Morgan fingerprint density at radius 1 is 1.00 bits per heavy atom. The molecule has 0 amide bonds. The van der Waals surface area contributed by atoms with Crippen LogP contribution in [0.25, 0.3) is 15.5 Å². The second-order valence-corrected chi connectivity index (χ2v) is 6.92. The number of ether oxygens (including phenoxy) is 3. The topological polar surface area (TPSA) is 70.8 Å². The van der Waals surface area contributed by atoms with E-state index in [0.29, 0.717) is 33.1 Å². The molecule has 0 bridgehead atoms. The van der Waals surface area contributed by atoms with Crippen molar-refractivity contribution in [1.82, 2.24) is 19.8 Å². The third kappa shape index (κ3) is 3.54. The molecular weight excluding hydrogens is 388 g/mol. The summed E-state index contributed by atoms with van der Waals surface area (Å²) in [4.78, 5) is 0.689. The van der Waals surface area contributed by atoms with Crippen molar-refractivity contribution in [3.8, 4) is 27.8 Å². The molecule has 4 aromatic rings. The highest BCUT2D eigenvalue weighted by Gasteiger charge is 2.15. The summed E-state index contributed by atoms with van der Waals surface area (Å²) in [5.74, 6) is 2.63. The molecule has 138 valence electrons. The van der Waals surface area contributed by atoms with Crippen LogP contribution in [-0.4, -0.2) is 34.0 Å². The van der Waals surface area contributed by atoms with Crippen LogP contribution in [0.1, 0.15) is 5.82 Å². The minimum absolute atomic E-state index is 0.248. The largest absolute Gasteiger partial charge is 0.493 e. The van der Waals surface area contributed by atoms with Crippen LogP contribution >= 0.6 is 22.9 Å². The number of nitrogens with zero attached hydrogens (tertiary/aromatic N) is 4. The lowest BCUT2D eigenvalue weighted by molar-refractivity contribution is 0.293. The molecule has 0 unspecified atom stereocenters. The van der Waals surface area contributed by atoms with E-state index < -0.39 is 0 Å². The Bertz CT molecular complexity index is 1080. The summed E-state index contributed by atoms with van der Waals surface area (Å²) in [6.45, 7) is 0.248. The van der Waals surface area contributed by atoms with Crippen molar-refractivity contribution in [3.05, 3.63) is 53.3 Å². The van der Waals surface area contributed by atoms with E-state index >= 15 is 0 Å². The number of aromatic nitrogens is 4. The molecular formula is C18H15ClN4O3S. The second-order valence-electron chi connectivity index (χ2n) is 5.53. The van der Waals surface area contributed by atoms with Crippen LogP contribution in [0.5, 0.6) is 17.2 Å². The molecule has 0 atom stereocenters. The van der Waals surface area contributed by atoms with E-state index in [0.717, 1.165) is 10.6 Å². The van der Waals surface area contributed by atoms with Gasteiger partial charge in [-0.15, -0.1) is 10.2 Å². The minimum Gasteiger partial charge on any atom is -0.493 e. The summed E-state index contributed by atoms with van der Waals surface area (Å²) in [6.07, 6.45) is 0. The summed E-state index contributed by atoms with van der Waals surface area (Å²) < 4.78 is 18.1. The third-order valence-electron chi connectivity index (χ3n) is 3.87. The summed E-state index contributed by atoms with van der Waals surface area (Å²) in [7, 11) is 3.21. The first-order valence-electron chi connectivity index (χ1n) is 8.00. The van der Waals surface area contributed by atoms with Gasteiger partial charge < -0.3 is 14.2 Å². The van der Waals surface area contributed by atoms with E-state index in [2.05, 4.69) is 15.3 Å². The molecule has 0 radical (unpaired) electrons. The monoisotopic (exact) mass is 402 g/mol. The molecule has 0 spiro atoms. The molecule has 2 aromatic carbocycles. The molecule has 2 heterocycles. The van der Waals surface area contributed by atoms with Crippen LogP contribution < -0.4 is 14.2 Å². The minimum atomic E-state index is 0.248. The van der Waals surface area contributed by atoms with E-state index in [4.69, 9.17) is 25.8 Å². The van der Waals surface area contributed by atoms with E-state index in [1.54, 1.807) is 43.0 Å². The van der Waals surface area contributed by atoms with Crippen LogP contribution in [0.4, 0.5) is 0 Å². The maximum Gasteiger partial charge on any atom is 0.235 e. The summed E-state index contributed by atoms with van der Waals surface area (Å²) in [5.41, 5.74) is 0.910. The van der Waals surface area contributed by atoms with Gasteiger partial charge >= 0.3 is 0 Å². The zero-order valence-corrected chi connectivity index (χ0v) is 16.1. The average molecular weight is 403 g/mol. The number of methoxy groups -OCH3 is 2. The smallest absolute Gasteiger partial charge is 0.235 e. The lowest BCUT2D eigenvalue weighted by atomic mass is 10.2. The van der Waals surface area contributed by atoms with Gasteiger partial charge in [-0.2, -0.15) is 9.61 Å². The van der Waals surface area contributed by atoms with Crippen LogP contribution in [-0.2, 0) is 6.61 Å². The van der Waals surface area contributed by atoms with Gasteiger partial charge in [-0.05, 0) is 42.5 Å². The Kier molecular flexibility index (Phi) is 4.83. The molecule has 0 aliphatic heterocycles. The molecule has 9 heteroatoms. The molecule has 27 heavy (non-hydrogen) atoms. The maximum absolute atomic E-state index is 5.88. The highest BCUT2D eigenvalue weighted by atomic mass is 35.5. The standard InChI is InChI=1S/C18H15ClN4O3S/c1-24-14-8-3-11(9-15(14)25-2)17-22-23-16(20-21-18(23)27-17)10-26-13-6-4-12(19)5-7-13/h3-9H,10H2,1-2H3.